The highest BCUT2D eigenvalue weighted by atomic mass is 16.5. The van der Waals surface area contributed by atoms with E-state index in [1.54, 1.807) is 12.1 Å². The van der Waals surface area contributed by atoms with Crippen LogP contribution in [0.5, 0.6) is 5.75 Å². The van der Waals surface area contributed by atoms with Crippen LogP contribution in [0.25, 0.3) is 21.9 Å². The van der Waals surface area contributed by atoms with Crippen molar-refractivity contribution in [1.29, 1.82) is 0 Å². The number of nitrogens with one attached hydrogen (secondary N) is 1. The maximum Gasteiger partial charge on any atom is 0.405 e. The summed E-state index contributed by atoms with van der Waals surface area (Å²) < 4.78 is 16.5. The first-order valence-corrected chi connectivity index (χ1v) is 8.71. The third-order valence-corrected chi connectivity index (χ3v) is 4.34. The lowest BCUT2D eigenvalue weighted by molar-refractivity contribution is -0.608. The highest BCUT2D eigenvalue weighted by Gasteiger charge is 2.19. The number of pyridine rings is 1. The number of hydrogen-bond donors (Lipinski definition) is 1. The lowest BCUT2D eigenvalue weighted by atomic mass is 10.1. The number of carbonyl (C=O) groups is 2. The van der Waals surface area contributed by atoms with E-state index in [0.717, 1.165) is 16.4 Å². The second-order valence-electron chi connectivity index (χ2n) is 6.18. The summed E-state index contributed by atoms with van der Waals surface area (Å²) in [5.74, 6) is -1.04. The van der Waals surface area contributed by atoms with Crippen LogP contribution >= 0.6 is 0 Å². The van der Waals surface area contributed by atoms with Crippen LogP contribution in [0.15, 0.2) is 65.2 Å². The van der Waals surface area contributed by atoms with Gasteiger partial charge in [-0.05, 0) is 18.2 Å². The van der Waals surface area contributed by atoms with Crippen molar-refractivity contribution in [3.8, 4) is 5.75 Å². The molecule has 0 fully saturated rings. The van der Waals surface area contributed by atoms with Gasteiger partial charge in [-0.2, -0.15) is 4.73 Å². The number of ether oxygens (including phenoxy) is 2. The quantitative estimate of drug-likeness (QED) is 0.318. The number of para-hydroxylation sites is 1. The van der Waals surface area contributed by atoms with Crippen molar-refractivity contribution in [2.45, 2.75) is 0 Å². The molecule has 2 aromatic heterocycles. The zero-order chi connectivity index (χ0) is 20.4. The van der Waals surface area contributed by atoms with Crippen LogP contribution in [-0.4, -0.2) is 25.6 Å². The zero-order valence-electron chi connectivity index (χ0n) is 15.4. The molecule has 0 aliphatic heterocycles. The van der Waals surface area contributed by atoms with Gasteiger partial charge >= 0.3 is 11.7 Å². The molecule has 1 amide bonds. The number of methoxy groups -OCH3 is 1. The molecule has 0 saturated carbocycles. The van der Waals surface area contributed by atoms with Crippen LogP contribution in [0.4, 0.5) is 5.69 Å². The topological polar surface area (TPSA) is 105 Å². The van der Waals surface area contributed by atoms with E-state index >= 15 is 0 Å². The number of aromatic nitrogens is 1. The van der Waals surface area contributed by atoms with Crippen molar-refractivity contribution in [1.82, 2.24) is 0 Å². The van der Waals surface area contributed by atoms with Gasteiger partial charge in [0.1, 0.15) is 16.9 Å². The number of amides is 1. The minimum atomic E-state index is -0.893. The molecule has 0 aliphatic rings. The summed E-state index contributed by atoms with van der Waals surface area (Å²) >= 11 is 0. The Balaban J connectivity index is 1.52. The van der Waals surface area contributed by atoms with Crippen LogP contribution in [0.2, 0.25) is 0 Å². The molecular weight excluding hydrogens is 376 g/mol. The number of hydrogen-bond acceptors (Lipinski definition) is 6. The fraction of sp³-hybridized carbons (Fsp3) is 0.0952. The number of nitrogens with zero attached hydrogens (tertiary/aromatic N) is 1. The molecule has 0 aliphatic carbocycles. The van der Waals surface area contributed by atoms with Crippen LogP contribution in [0.3, 0.4) is 0 Å². The molecule has 0 spiro atoms. The Morgan fingerprint density at radius 2 is 1.86 bits per heavy atom. The van der Waals surface area contributed by atoms with Gasteiger partial charge in [-0.25, -0.2) is 4.79 Å². The summed E-state index contributed by atoms with van der Waals surface area (Å²) in [4.78, 5) is 24.2. The molecule has 146 valence electrons. The number of benzene rings is 2. The van der Waals surface area contributed by atoms with Gasteiger partial charge < -0.3 is 24.4 Å². The maximum atomic E-state index is 12.3. The average molecular weight is 392 g/mol. The van der Waals surface area contributed by atoms with Crippen molar-refractivity contribution < 1.29 is 28.2 Å². The summed E-state index contributed by atoms with van der Waals surface area (Å²) in [6, 6.07) is 15.3. The highest BCUT2D eigenvalue weighted by Crippen LogP contribution is 2.36. The van der Waals surface area contributed by atoms with Crippen LogP contribution in [0, 0.1) is 5.21 Å². The van der Waals surface area contributed by atoms with Gasteiger partial charge in [0.05, 0.1) is 12.8 Å². The lowest BCUT2D eigenvalue weighted by Crippen LogP contribution is -2.35. The molecule has 2 aromatic carbocycles. The maximum absolute atomic E-state index is 12.3. The minimum Gasteiger partial charge on any atom is -0.618 e. The summed E-state index contributed by atoms with van der Waals surface area (Å²) in [6.45, 7) is -0.560. The van der Waals surface area contributed by atoms with Crippen molar-refractivity contribution >= 4 is 39.5 Å². The van der Waals surface area contributed by atoms with Gasteiger partial charge in [0.2, 0.25) is 0 Å². The van der Waals surface area contributed by atoms with E-state index in [-0.39, 0.29) is 5.69 Å². The third-order valence-electron chi connectivity index (χ3n) is 4.34. The van der Waals surface area contributed by atoms with E-state index < -0.39 is 18.5 Å². The Hall–Kier alpha value is -4.07. The van der Waals surface area contributed by atoms with E-state index in [1.165, 1.54) is 31.5 Å². The van der Waals surface area contributed by atoms with E-state index in [0.29, 0.717) is 21.8 Å². The molecule has 0 radical (unpaired) electrons. The number of anilines is 1. The van der Waals surface area contributed by atoms with Crippen molar-refractivity contribution in [2.24, 2.45) is 0 Å². The van der Waals surface area contributed by atoms with E-state index in [1.807, 2.05) is 24.3 Å². The Morgan fingerprint density at radius 3 is 2.66 bits per heavy atom. The van der Waals surface area contributed by atoms with E-state index in [4.69, 9.17) is 13.9 Å². The smallest absolute Gasteiger partial charge is 0.405 e. The Morgan fingerprint density at radius 1 is 1.07 bits per heavy atom. The molecule has 29 heavy (non-hydrogen) atoms. The predicted molar refractivity (Wildman–Crippen MR) is 105 cm³/mol. The second-order valence-corrected chi connectivity index (χ2v) is 6.18. The van der Waals surface area contributed by atoms with Crippen LogP contribution < -0.4 is 14.8 Å². The van der Waals surface area contributed by atoms with Crippen molar-refractivity contribution in [3.05, 3.63) is 71.7 Å². The second kappa shape index (κ2) is 7.51. The normalized spacial score (nSPS) is 10.8. The summed E-state index contributed by atoms with van der Waals surface area (Å²) in [7, 11) is 1.49. The summed E-state index contributed by atoms with van der Waals surface area (Å²) in [6.07, 6.45) is 1.17. The molecule has 4 aromatic rings. The largest absolute Gasteiger partial charge is 0.618 e. The van der Waals surface area contributed by atoms with Gasteiger partial charge in [0.25, 0.3) is 5.91 Å². The monoisotopic (exact) mass is 392 g/mol. The Labute approximate surface area is 164 Å². The Bertz CT molecular complexity index is 1230. The van der Waals surface area contributed by atoms with Crippen LogP contribution in [-0.2, 0) is 9.53 Å². The standard InChI is InChI=1S/C21H16N2O6/c1-27-19-10-14-13-6-2-3-8-17(13)29-18(14)11-15(19)22-20(24)12-28-21(25)16-7-4-5-9-23(16)26/h2-11H,12H2,1H3,(H,22,24). The van der Waals surface area contributed by atoms with Gasteiger partial charge in [0, 0.05) is 29.0 Å². The fourth-order valence-corrected chi connectivity index (χ4v) is 3.00. The van der Waals surface area contributed by atoms with Gasteiger partial charge in [-0.1, -0.05) is 18.2 Å². The molecule has 2 heterocycles. The van der Waals surface area contributed by atoms with Crippen molar-refractivity contribution in [2.75, 3.05) is 19.0 Å². The first kappa shape index (κ1) is 18.3. The average Bonchev–Trinajstić information content (AvgIpc) is 3.09. The molecule has 0 unspecified atom stereocenters. The lowest BCUT2D eigenvalue weighted by Gasteiger charge is -2.10. The Kier molecular flexibility index (Phi) is 4.74. The number of fused-ring (bicyclic) bond motifs is 3. The fourth-order valence-electron chi connectivity index (χ4n) is 3.00. The number of furan rings is 1. The van der Waals surface area contributed by atoms with E-state index in [9.17, 15) is 14.8 Å². The SMILES string of the molecule is COc1cc2c(cc1NC(=O)COC(=O)c1cccc[n+]1[O-])oc1ccccc12. The molecule has 0 atom stereocenters. The summed E-state index contributed by atoms with van der Waals surface area (Å²) in [5.41, 5.74) is 1.46. The predicted octanol–water partition coefficient (Wildman–Crippen LogP) is 3.02. The minimum absolute atomic E-state index is 0.207. The summed E-state index contributed by atoms with van der Waals surface area (Å²) in [5, 5.41) is 16.0. The van der Waals surface area contributed by atoms with Crippen LogP contribution in [0.1, 0.15) is 10.5 Å². The zero-order valence-corrected chi connectivity index (χ0v) is 15.4. The first-order chi connectivity index (χ1) is 14.1. The molecule has 8 nitrogen and oxygen atoms in total. The number of esters is 1. The van der Waals surface area contributed by atoms with E-state index in [2.05, 4.69) is 5.32 Å². The van der Waals surface area contributed by atoms with Crippen molar-refractivity contribution in [3.63, 3.8) is 0 Å². The molecular formula is C21H16N2O6. The molecule has 0 saturated heterocycles. The van der Waals surface area contributed by atoms with Gasteiger partial charge in [-0.3, -0.25) is 4.79 Å². The molecule has 8 heteroatoms. The number of carbonyl (C=O) groups excluding carboxylic acids is 2. The van der Waals surface area contributed by atoms with Gasteiger partial charge in [0.15, 0.2) is 12.8 Å². The first-order valence-electron chi connectivity index (χ1n) is 8.71. The number of rotatable bonds is 5. The third kappa shape index (κ3) is 3.55. The molecule has 1 N–H and O–H groups in total. The highest BCUT2D eigenvalue weighted by molar-refractivity contribution is 6.08. The molecule has 0 bridgehead atoms. The van der Waals surface area contributed by atoms with Gasteiger partial charge in [-0.15, -0.1) is 0 Å². The molecule has 4 rings (SSSR count).